The van der Waals surface area contributed by atoms with E-state index in [1.165, 1.54) is 5.56 Å². The lowest BCUT2D eigenvalue weighted by Crippen LogP contribution is -2.39. The van der Waals surface area contributed by atoms with Crippen molar-refractivity contribution in [3.8, 4) is 0 Å². The van der Waals surface area contributed by atoms with E-state index >= 15 is 0 Å². The van der Waals surface area contributed by atoms with Gasteiger partial charge in [0.2, 0.25) is 0 Å². The first-order chi connectivity index (χ1) is 10.7. The first-order valence-electron chi connectivity index (χ1n) is 8.50. The summed E-state index contributed by atoms with van der Waals surface area (Å²) in [6.45, 7) is 4.29. The lowest BCUT2D eigenvalue weighted by molar-refractivity contribution is 0.0574. The van der Waals surface area contributed by atoms with Crippen LogP contribution in [-0.2, 0) is 6.42 Å². The van der Waals surface area contributed by atoms with Crippen LogP contribution in [0.3, 0.4) is 0 Å². The number of rotatable bonds is 7. The van der Waals surface area contributed by atoms with E-state index in [0.717, 1.165) is 57.6 Å². The molecule has 0 atom stereocenters. The van der Waals surface area contributed by atoms with Crippen LogP contribution in [0.1, 0.15) is 44.6 Å². The molecule has 1 aromatic carbocycles. The first-order valence-corrected chi connectivity index (χ1v) is 8.50. The summed E-state index contributed by atoms with van der Waals surface area (Å²) < 4.78 is 0. The normalized spacial score (nSPS) is 16.7. The predicted molar refractivity (Wildman–Crippen MR) is 108 cm³/mol. The molecule has 130 valence electrons. The van der Waals surface area contributed by atoms with Crippen LogP contribution >= 0.6 is 24.0 Å². The number of guanidine groups is 1. The fourth-order valence-electron chi connectivity index (χ4n) is 2.90. The summed E-state index contributed by atoms with van der Waals surface area (Å²) in [5, 5.41) is 17.0. The number of nitrogens with one attached hydrogen (secondary N) is 2. The van der Waals surface area contributed by atoms with E-state index < -0.39 is 5.60 Å². The van der Waals surface area contributed by atoms with Crippen LogP contribution in [0.2, 0.25) is 0 Å². The molecule has 0 amide bonds. The van der Waals surface area contributed by atoms with Crippen molar-refractivity contribution in [2.75, 3.05) is 19.6 Å². The van der Waals surface area contributed by atoms with Crippen molar-refractivity contribution < 1.29 is 5.11 Å². The maximum Gasteiger partial charge on any atom is 0.191 e. The maximum atomic E-state index is 10.4. The van der Waals surface area contributed by atoms with Crippen molar-refractivity contribution in [3.05, 3.63) is 35.9 Å². The van der Waals surface area contributed by atoms with Gasteiger partial charge in [0.1, 0.15) is 0 Å². The Morgan fingerprint density at radius 3 is 2.52 bits per heavy atom. The van der Waals surface area contributed by atoms with E-state index in [4.69, 9.17) is 0 Å². The maximum absolute atomic E-state index is 10.4. The van der Waals surface area contributed by atoms with E-state index in [-0.39, 0.29) is 24.0 Å². The van der Waals surface area contributed by atoms with Gasteiger partial charge in [-0.2, -0.15) is 0 Å². The van der Waals surface area contributed by atoms with E-state index in [0.29, 0.717) is 6.54 Å². The number of aryl methyl sites for hydroxylation is 1. The van der Waals surface area contributed by atoms with E-state index in [9.17, 15) is 5.11 Å². The molecule has 1 aromatic rings. The minimum absolute atomic E-state index is 0. The minimum atomic E-state index is -0.577. The lowest BCUT2D eigenvalue weighted by Gasteiger charge is -2.20. The quantitative estimate of drug-likeness (QED) is 0.269. The Hall–Kier alpha value is -0.820. The zero-order valence-corrected chi connectivity index (χ0v) is 16.4. The second kappa shape index (κ2) is 10.9. The molecule has 0 radical (unpaired) electrons. The number of halogens is 1. The van der Waals surface area contributed by atoms with Crippen LogP contribution in [0.5, 0.6) is 0 Å². The van der Waals surface area contributed by atoms with Gasteiger partial charge in [0.05, 0.1) is 12.1 Å². The van der Waals surface area contributed by atoms with Gasteiger partial charge in [0, 0.05) is 13.1 Å². The first kappa shape index (κ1) is 20.2. The highest BCUT2D eigenvalue weighted by molar-refractivity contribution is 14.0. The zero-order chi connectivity index (χ0) is 15.7. The summed E-state index contributed by atoms with van der Waals surface area (Å²) in [4.78, 5) is 4.56. The van der Waals surface area contributed by atoms with Crippen molar-refractivity contribution in [2.45, 2.75) is 51.0 Å². The van der Waals surface area contributed by atoms with Crippen LogP contribution in [0.4, 0.5) is 0 Å². The van der Waals surface area contributed by atoms with Gasteiger partial charge >= 0.3 is 0 Å². The number of aliphatic imine (C=N–C) groups is 1. The molecule has 0 bridgehead atoms. The summed E-state index contributed by atoms with van der Waals surface area (Å²) in [7, 11) is 0. The third kappa shape index (κ3) is 7.52. The molecule has 0 saturated heterocycles. The largest absolute Gasteiger partial charge is 0.388 e. The van der Waals surface area contributed by atoms with Crippen molar-refractivity contribution in [2.24, 2.45) is 4.99 Å². The van der Waals surface area contributed by atoms with Crippen LogP contribution in [0, 0.1) is 0 Å². The Balaban J connectivity index is 0.00000264. The molecule has 0 aliphatic heterocycles. The molecular weight excluding hydrogens is 401 g/mol. The van der Waals surface area contributed by atoms with Crippen molar-refractivity contribution in [1.82, 2.24) is 10.6 Å². The molecule has 3 N–H and O–H groups in total. The molecule has 1 saturated carbocycles. The fourth-order valence-corrected chi connectivity index (χ4v) is 2.90. The standard InChI is InChI=1S/C18H29N3O.HI/c1-2-19-17(21-15-18(22)12-6-7-13-18)20-14-8-11-16-9-4-3-5-10-16;/h3-5,9-10,22H,2,6-8,11-15H2,1H3,(H2,19,20,21);1H. The number of benzene rings is 1. The molecule has 1 fully saturated rings. The molecule has 4 nitrogen and oxygen atoms in total. The summed E-state index contributed by atoms with van der Waals surface area (Å²) in [6, 6.07) is 10.5. The smallest absolute Gasteiger partial charge is 0.191 e. The van der Waals surface area contributed by atoms with Crippen molar-refractivity contribution in [3.63, 3.8) is 0 Å². The number of nitrogens with zero attached hydrogens (tertiary/aromatic N) is 1. The molecule has 2 rings (SSSR count). The number of hydrogen-bond donors (Lipinski definition) is 3. The van der Waals surface area contributed by atoms with Gasteiger partial charge in [0.15, 0.2) is 5.96 Å². The molecule has 1 aliphatic rings. The SMILES string of the molecule is CCNC(=NCC1(O)CCCC1)NCCCc1ccccc1.I. The number of aliphatic hydroxyl groups is 1. The molecule has 0 unspecified atom stereocenters. The van der Waals surface area contributed by atoms with Crippen LogP contribution < -0.4 is 10.6 Å². The topological polar surface area (TPSA) is 56.7 Å². The van der Waals surface area contributed by atoms with E-state index in [1.807, 2.05) is 6.07 Å². The van der Waals surface area contributed by atoms with Crippen LogP contribution in [-0.4, -0.2) is 36.3 Å². The molecular formula is C18H30IN3O. The summed E-state index contributed by atoms with van der Waals surface area (Å²) >= 11 is 0. The molecule has 23 heavy (non-hydrogen) atoms. The van der Waals surface area contributed by atoms with Gasteiger partial charge in [-0.15, -0.1) is 24.0 Å². The second-order valence-corrected chi connectivity index (χ2v) is 6.14. The molecule has 5 heteroatoms. The fraction of sp³-hybridized carbons (Fsp3) is 0.611. The summed E-state index contributed by atoms with van der Waals surface area (Å²) in [5.41, 5.74) is 0.790. The number of hydrogen-bond acceptors (Lipinski definition) is 2. The van der Waals surface area contributed by atoms with Crippen LogP contribution in [0.15, 0.2) is 35.3 Å². The average Bonchev–Trinajstić information content (AvgIpc) is 2.97. The highest BCUT2D eigenvalue weighted by Crippen LogP contribution is 2.29. The molecule has 1 aliphatic carbocycles. The van der Waals surface area contributed by atoms with Crippen molar-refractivity contribution >= 4 is 29.9 Å². The van der Waals surface area contributed by atoms with Gasteiger partial charge in [-0.1, -0.05) is 43.2 Å². The Morgan fingerprint density at radius 1 is 1.17 bits per heavy atom. The Kier molecular flexibility index (Phi) is 9.55. The highest BCUT2D eigenvalue weighted by atomic mass is 127. The van der Waals surface area contributed by atoms with Gasteiger partial charge in [-0.05, 0) is 38.2 Å². The second-order valence-electron chi connectivity index (χ2n) is 6.14. The molecule has 0 aromatic heterocycles. The lowest BCUT2D eigenvalue weighted by atomic mass is 10.0. The van der Waals surface area contributed by atoms with Crippen LogP contribution in [0.25, 0.3) is 0 Å². The summed E-state index contributed by atoms with van der Waals surface area (Å²) in [5.74, 6) is 0.816. The molecule has 0 heterocycles. The molecule has 0 spiro atoms. The average molecular weight is 431 g/mol. The highest BCUT2D eigenvalue weighted by Gasteiger charge is 2.30. The van der Waals surface area contributed by atoms with E-state index in [2.05, 4.69) is 46.8 Å². The van der Waals surface area contributed by atoms with Gasteiger partial charge in [-0.25, -0.2) is 0 Å². The third-order valence-electron chi connectivity index (χ3n) is 4.19. The summed E-state index contributed by atoms with van der Waals surface area (Å²) in [6.07, 6.45) is 6.13. The predicted octanol–water partition coefficient (Wildman–Crippen LogP) is 3.10. The van der Waals surface area contributed by atoms with E-state index in [1.54, 1.807) is 0 Å². The van der Waals surface area contributed by atoms with Gasteiger partial charge < -0.3 is 15.7 Å². The minimum Gasteiger partial charge on any atom is -0.388 e. The van der Waals surface area contributed by atoms with Crippen molar-refractivity contribution in [1.29, 1.82) is 0 Å². The Bertz CT molecular complexity index is 459. The van der Waals surface area contributed by atoms with Gasteiger partial charge in [0.25, 0.3) is 0 Å². The Labute approximate surface area is 157 Å². The third-order valence-corrected chi connectivity index (χ3v) is 4.19. The van der Waals surface area contributed by atoms with Gasteiger partial charge in [-0.3, -0.25) is 4.99 Å². The zero-order valence-electron chi connectivity index (χ0n) is 14.1. The Morgan fingerprint density at radius 2 is 1.87 bits per heavy atom. The monoisotopic (exact) mass is 431 g/mol.